The summed E-state index contributed by atoms with van der Waals surface area (Å²) in [4.78, 5) is 0. The Hall–Kier alpha value is -1.02. The number of benzene rings is 1. The van der Waals surface area contributed by atoms with Crippen molar-refractivity contribution in [2.45, 2.75) is 12.8 Å². The van der Waals surface area contributed by atoms with Gasteiger partial charge in [0, 0.05) is 18.0 Å². The summed E-state index contributed by atoms with van der Waals surface area (Å²) in [6, 6.07) is 6.45. The summed E-state index contributed by atoms with van der Waals surface area (Å²) in [6.07, 6.45) is 0. The van der Waals surface area contributed by atoms with E-state index >= 15 is 0 Å². The van der Waals surface area contributed by atoms with Crippen LogP contribution >= 0.6 is 0 Å². The van der Waals surface area contributed by atoms with Crippen LogP contribution in [-0.4, -0.2) is 20.2 Å². The Morgan fingerprint density at radius 2 is 2.38 bits per heavy atom. The van der Waals surface area contributed by atoms with Gasteiger partial charge in [0.05, 0.1) is 6.61 Å². The van der Waals surface area contributed by atoms with Crippen LogP contribution in [0.1, 0.15) is 17.0 Å². The number of nitrogens with one attached hydrogen (secondary N) is 1. The third-order valence-electron chi connectivity index (χ3n) is 2.50. The summed E-state index contributed by atoms with van der Waals surface area (Å²) in [5.74, 6) is 1.60. The van der Waals surface area contributed by atoms with Gasteiger partial charge in [-0.15, -0.1) is 0 Å². The molecule has 70 valence electrons. The first-order valence-corrected chi connectivity index (χ1v) is 4.69. The highest BCUT2D eigenvalue weighted by Gasteiger charge is 2.22. The van der Waals surface area contributed by atoms with Crippen molar-refractivity contribution in [2.24, 2.45) is 0 Å². The Morgan fingerprint density at radius 3 is 3.15 bits per heavy atom. The second-order valence-electron chi connectivity index (χ2n) is 3.61. The first-order chi connectivity index (χ1) is 6.31. The molecule has 0 aromatic heterocycles. The molecule has 13 heavy (non-hydrogen) atoms. The van der Waals surface area contributed by atoms with Crippen LogP contribution in [0.2, 0.25) is 0 Å². The zero-order valence-electron chi connectivity index (χ0n) is 8.13. The lowest BCUT2D eigenvalue weighted by Crippen LogP contribution is -2.17. The molecule has 0 spiro atoms. The molecule has 0 aliphatic carbocycles. The maximum absolute atomic E-state index is 5.60. The molecule has 1 aliphatic heterocycles. The molecule has 0 saturated heterocycles. The minimum absolute atomic E-state index is 0.528. The summed E-state index contributed by atoms with van der Waals surface area (Å²) in [5, 5.41) is 3.19. The Morgan fingerprint density at radius 1 is 1.54 bits per heavy atom. The van der Waals surface area contributed by atoms with Gasteiger partial charge in [-0.3, -0.25) is 0 Å². The molecule has 1 aromatic carbocycles. The van der Waals surface area contributed by atoms with Gasteiger partial charge in [-0.1, -0.05) is 12.1 Å². The highest BCUT2D eigenvalue weighted by molar-refractivity contribution is 5.42. The highest BCUT2D eigenvalue weighted by atomic mass is 16.5. The molecule has 1 atom stereocenters. The molecule has 2 nitrogen and oxygen atoms in total. The summed E-state index contributed by atoms with van der Waals surface area (Å²) in [7, 11) is 1.98. The maximum atomic E-state index is 5.60. The molecular formula is C11H15NO. The standard InChI is InChI=1S/C11H15NO/c1-8-3-4-10-9(6-12-2)7-13-11(10)5-8/h3-5,9,12H,6-7H2,1-2H3. The van der Waals surface area contributed by atoms with Crippen LogP contribution in [0.4, 0.5) is 0 Å². The van der Waals surface area contributed by atoms with Crippen molar-refractivity contribution in [1.29, 1.82) is 0 Å². The molecule has 1 unspecified atom stereocenters. The van der Waals surface area contributed by atoms with Crippen LogP contribution in [0, 0.1) is 6.92 Å². The van der Waals surface area contributed by atoms with Gasteiger partial charge in [0.15, 0.2) is 0 Å². The van der Waals surface area contributed by atoms with Crippen molar-refractivity contribution in [3.05, 3.63) is 29.3 Å². The van der Waals surface area contributed by atoms with E-state index in [1.165, 1.54) is 11.1 Å². The van der Waals surface area contributed by atoms with E-state index in [9.17, 15) is 0 Å². The molecule has 0 fully saturated rings. The Labute approximate surface area is 78.9 Å². The average molecular weight is 177 g/mol. The van der Waals surface area contributed by atoms with Crippen LogP contribution in [-0.2, 0) is 0 Å². The van der Waals surface area contributed by atoms with Crippen molar-refractivity contribution in [2.75, 3.05) is 20.2 Å². The Bertz CT molecular complexity index is 309. The molecule has 0 radical (unpaired) electrons. The topological polar surface area (TPSA) is 21.3 Å². The van der Waals surface area contributed by atoms with Crippen LogP contribution in [0.5, 0.6) is 5.75 Å². The Balaban J connectivity index is 2.27. The number of rotatable bonds is 2. The summed E-state index contributed by atoms with van der Waals surface area (Å²) in [6.45, 7) is 3.91. The lowest BCUT2D eigenvalue weighted by atomic mass is 10.0. The number of likely N-dealkylation sites (N-methyl/N-ethyl adjacent to an activating group) is 1. The Kier molecular flexibility index (Phi) is 2.23. The molecule has 0 bridgehead atoms. The van der Waals surface area contributed by atoms with Crippen LogP contribution in [0.3, 0.4) is 0 Å². The van der Waals surface area contributed by atoms with Gasteiger partial charge in [0.2, 0.25) is 0 Å². The van der Waals surface area contributed by atoms with E-state index in [4.69, 9.17) is 4.74 Å². The van der Waals surface area contributed by atoms with E-state index in [0.717, 1.165) is 18.9 Å². The zero-order chi connectivity index (χ0) is 9.26. The molecule has 2 rings (SSSR count). The summed E-state index contributed by atoms with van der Waals surface area (Å²) in [5.41, 5.74) is 2.61. The van der Waals surface area contributed by atoms with Crippen molar-refractivity contribution in [1.82, 2.24) is 5.32 Å². The SMILES string of the molecule is CNCC1COc2cc(C)ccc21. The molecule has 1 heterocycles. The molecular weight excluding hydrogens is 162 g/mol. The van der Waals surface area contributed by atoms with E-state index in [1.807, 2.05) is 7.05 Å². The minimum Gasteiger partial charge on any atom is -0.493 e. The molecule has 1 aliphatic rings. The van der Waals surface area contributed by atoms with Gasteiger partial charge in [0.25, 0.3) is 0 Å². The first kappa shape index (κ1) is 8.57. The summed E-state index contributed by atoms with van der Waals surface area (Å²) < 4.78 is 5.60. The van der Waals surface area contributed by atoms with E-state index in [0.29, 0.717) is 5.92 Å². The number of ether oxygens (including phenoxy) is 1. The maximum Gasteiger partial charge on any atom is 0.123 e. The van der Waals surface area contributed by atoms with E-state index < -0.39 is 0 Å². The van der Waals surface area contributed by atoms with Gasteiger partial charge in [-0.25, -0.2) is 0 Å². The third-order valence-corrected chi connectivity index (χ3v) is 2.50. The smallest absolute Gasteiger partial charge is 0.123 e. The number of hydrogen-bond acceptors (Lipinski definition) is 2. The van der Waals surface area contributed by atoms with Gasteiger partial charge < -0.3 is 10.1 Å². The molecule has 0 saturated carbocycles. The van der Waals surface area contributed by atoms with Gasteiger partial charge in [0.1, 0.15) is 5.75 Å². The normalized spacial score (nSPS) is 19.7. The molecule has 1 N–H and O–H groups in total. The fourth-order valence-electron chi connectivity index (χ4n) is 1.80. The van der Waals surface area contributed by atoms with Gasteiger partial charge in [-0.2, -0.15) is 0 Å². The quantitative estimate of drug-likeness (QED) is 0.742. The predicted octanol–water partition coefficient (Wildman–Crippen LogP) is 1.69. The van der Waals surface area contributed by atoms with Crippen molar-refractivity contribution >= 4 is 0 Å². The fraction of sp³-hybridized carbons (Fsp3) is 0.455. The largest absolute Gasteiger partial charge is 0.493 e. The monoisotopic (exact) mass is 177 g/mol. The number of fused-ring (bicyclic) bond motifs is 1. The second kappa shape index (κ2) is 3.38. The highest BCUT2D eigenvalue weighted by Crippen LogP contribution is 2.33. The fourth-order valence-corrected chi connectivity index (χ4v) is 1.80. The lowest BCUT2D eigenvalue weighted by molar-refractivity contribution is 0.328. The summed E-state index contributed by atoms with van der Waals surface area (Å²) >= 11 is 0. The van der Waals surface area contributed by atoms with Crippen LogP contribution < -0.4 is 10.1 Å². The van der Waals surface area contributed by atoms with Crippen molar-refractivity contribution < 1.29 is 4.74 Å². The van der Waals surface area contributed by atoms with Crippen LogP contribution in [0.15, 0.2) is 18.2 Å². The van der Waals surface area contributed by atoms with Crippen molar-refractivity contribution in [3.63, 3.8) is 0 Å². The molecule has 0 amide bonds. The second-order valence-corrected chi connectivity index (χ2v) is 3.61. The zero-order valence-corrected chi connectivity index (χ0v) is 8.13. The van der Waals surface area contributed by atoms with Gasteiger partial charge >= 0.3 is 0 Å². The van der Waals surface area contributed by atoms with Gasteiger partial charge in [-0.05, 0) is 25.6 Å². The molecule has 2 heteroatoms. The minimum atomic E-state index is 0.528. The first-order valence-electron chi connectivity index (χ1n) is 4.69. The third kappa shape index (κ3) is 1.54. The van der Waals surface area contributed by atoms with Crippen molar-refractivity contribution in [3.8, 4) is 5.75 Å². The average Bonchev–Trinajstić information content (AvgIpc) is 2.49. The van der Waals surface area contributed by atoms with E-state index in [2.05, 4.69) is 30.4 Å². The van der Waals surface area contributed by atoms with Crippen LogP contribution in [0.25, 0.3) is 0 Å². The van der Waals surface area contributed by atoms with E-state index in [-0.39, 0.29) is 0 Å². The number of hydrogen-bond donors (Lipinski definition) is 1. The lowest BCUT2D eigenvalue weighted by Gasteiger charge is -2.06. The van der Waals surface area contributed by atoms with E-state index in [1.54, 1.807) is 0 Å². The molecule has 1 aromatic rings. The predicted molar refractivity (Wildman–Crippen MR) is 53.3 cm³/mol. The number of aryl methyl sites for hydroxylation is 1.